The van der Waals surface area contributed by atoms with Crippen molar-refractivity contribution < 1.29 is 15.0 Å². The number of carboxylic acid groups (broad SMARTS) is 1. The number of hydrogen-bond donors (Lipinski definition) is 2. The lowest BCUT2D eigenvalue weighted by atomic mass is 9.76. The lowest BCUT2D eigenvalue weighted by Crippen LogP contribution is -2.23. The molecule has 0 bridgehead atoms. The average molecular weight is 357 g/mol. The second-order valence-corrected chi connectivity index (χ2v) is 7.10. The van der Waals surface area contributed by atoms with E-state index in [0.29, 0.717) is 12.0 Å². The molecule has 1 aromatic rings. The fourth-order valence-electron chi connectivity index (χ4n) is 3.80. The van der Waals surface area contributed by atoms with Crippen molar-refractivity contribution in [2.24, 2.45) is 5.92 Å². The van der Waals surface area contributed by atoms with E-state index in [1.807, 2.05) is 6.07 Å². The molecule has 1 fully saturated rings. The van der Waals surface area contributed by atoms with Gasteiger partial charge >= 0.3 is 5.97 Å². The van der Waals surface area contributed by atoms with Crippen LogP contribution in [0.5, 0.6) is 5.75 Å². The van der Waals surface area contributed by atoms with E-state index in [4.69, 9.17) is 0 Å². The van der Waals surface area contributed by atoms with Gasteiger partial charge in [0.1, 0.15) is 5.75 Å². The van der Waals surface area contributed by atoms with Crippen LogP contribution in [0.15, 0.2) is 18.2 Å². The molecule has 0 saturated heterocycles. The van der Waals surface area contributed by atoms with Crippen molar-refractivity contribution in [1.82, 2.24) is 4.90 Å². The van der Waals surface area contributed by atoms with Crippen LogP contribution in [-0.2, 0) is 11.2 Å². The summed E-state index contributed by atoms with van der Waals surface area (Å²) in [7, 11) is 0. The Morgan fingerprint density at radius 3 is 2.46 bits per heavy atom. The summed E-state index contributed by atoms with van der Waals surface area (Å²) in [6.07, 6.45) is 5.75. The molecule has 0 amide bonds. The molecule has 1 aromatic carbocycles. The summed E-state index contributed by atoms with van der Waals surface area (Å²) < 4.78 is 0. The molecular weight excluding hydrogens is 326 g/mol. The second kappa shape index (κ2) is 10.2. The lowest BCUT2D eigenvalue weighted by molar-refractivity contribution is -0.140. The van der Waals surface area contributed by atoms with Gasteiger partial charge in [-0.05, 0) is 43.5 Å². The van der Waals surface area contributed by atoms with E-state index in [1.54, 1.807) is 12.1 Å². The third-order valence-corrected chi connectivity index (χ3v) is 5.43. The predicted molar refractivity (Wildman–Crippen MR) is 104 cm³/mol. The van der Waals surface area contributed by atoms with Gasteiger partial charge in [-0.3, -0.25) is 9.69 Å². The van der Waals surface area contributed by atoms with Crippen LogP contribution < -0.4 is 0 Å². The summed E-state index contributed by atoms with van der Waals surface area (Å²) in [5.74, 6) is 5.07. The highest BCUT2D eigenvalue weighted by atomic mass is 16.4. The molecule has 1 atom stereocenters. The molecule has 1 saturated carbocycles. The van der Waals surface area contributed by atoms with Gasteiger partial charge in [-0.25, -0.2) is 0 Å². The average Bonchev–Trinajstić information content (AvgIpc) is 2.64. The highest BCUT2D eigenvalue weighted by Crippen LogP contribution is 2.39. The third-order valence-electron chi connectivity index (χ3n) is 5.43. The van der Waals surface area contributed by atoms with Crippen molar-refractivity contribution in [2.45, 2.75) is 58.3 Å². The number of phenols is 1. The minimum atomic E-state index is -0.834. The first kappa shape index (κ1) is 20.3. The maximum Gasteiger partial charge on any atom is 0.311 e. The summed E-state index contributed by atoms with van der Waals surface area (Å²) in [5, 5.41) is 20.1. The summed E-state index contributed by atoms with van der Waals surface area (Å²) in [4.78, 5) is 14.1. The highest BCUT2D eigenvalue weighted by Gasteiger charge is 2.32. The van der Waals surface area contributed by atoms with Crippen molar-refractivity contribution in [3.05, 3.63) is 29.3 Å². The minimum Gasteiger partial charge on any atom is -0.508 e. The molecule has 0 aromatic heterocycles. The standard InChI is InChI=1S/C22H31NO3/c1-3-23(4-2)15-9-8-10-17-13-14-19(20(24)16-17)21(22(25)26)18-11-6-5-7-12-18/h13-14,16,18,21,24H,3-7,10-12,15H2,1-2H3,(H,25,26). The van der Waals surface area contributed by atoms with Gasteiger partial charge < -0.3 is 10.2 Å². The number of benzene rings is 1. The largest absolute Gasteiger partial charge is 0.508 e. The SMILES string of the molecule is CCN(CC)CC#CCc1ccc(C(C(=O)O)C2CCCCC2)c(O)c1. The quantitative estimate of drug-likeness (QED) is 0.723. The molecule has 0 aliphatic heterocycles. The normalized spacial score (nSPS) is 16.1. The lowest BCUT2D eigenvalue weighted by Gasteiger charge is -2.28. The maximum atomic E-state index is 11.8. The Hall–Kier alpha value is -1.99. The fraction of sp³-hybridized carbons (Fsp3) is 0.591. The molecule has 1 aliphatic rings. The van der Waals surface area contributed by atoms with Gasteiger partial charge in [-0.1, -0.05) is 57.1 Å². The first-order valence-electron chi connectivity index (χ1n) is 9.79. The number of aliphatic carboxylic acids is 1. The summed E-state index contributed by atoms with van der Waals surface area (Å²) in [6.45, 7) is 6.96. The summed E-state index contributed by atoms with van der Waals surface area (Å²) in [5.41, 5.74) is 1.47. The van der Waals surface area contributed by atoms with Crippen molar-refractivity contribution in [2.75, 3.05) is 19.6 Å². The summed E-state index contributed by atoms with van der Waals surface area (Å²) in [6, 6.07) is 5.37. The number of hydrogen-bond acceptors (Lipinski definition) is 3. The monoisotopic (exact) mass is 357 g/mol. The first-order chi connectivity index (χ1) is 12.6. The molecular formula is C22H31NO3. The van der Waals surface area contributed by atoms with E-state index < -0.39 is 11.9 Å². The number of nitrogens with zero attached hydrogens (tertiary/aromatic N) is 1. The highest BCUT2D eigenvalue weighted by molar-refractivity contribution is 5.77. The Balaban J connectivity index is 2.07. The molecule has 1 unspecified atom stereocenters. The topological polar surface area (TPSA) is 60.8 Å². The zero-order valence-electron chi connectivity index (χ0n) is 16.0. The molecule has 0 spiro atoms. The first-order valence-corrected chi connectivity index (χ1v) is 9.79. The molecule has 2 rings (SSSR count). The molecule has 1 aliphatic carbocycles. The molecule has 26 heavy (non-hydrogen) atoms. The van der Waals surface area contributed by atoms with Crippen molar-refractivity contribution in [1.29, 1.82) is 0 Å². The van der Waals surface area contributed by atoms with Gasteiger partial charge in [0.05, 0.1) is 12.5 Å². The van der Waals surface area contributed by atoms with Gasteiger partial charge in [0.25, 0.3) is 0 Å². The van der Waals surface area contributed by atoms with Crippen LogP contribution in [0.2, 0.25) is 0 Å². The molecule has 2 N–H and O–H groups in total. The molecule has 0 radical (unpaired) electrons. The molecule has 142 valence electrons. The smallest absolute Gasteiger partial charge is 0.311 e. The van der Waals surface area contributed by atoms with Crippen molar-refractivity contribution in [3.8, 4) is 17.6 Å². The number of aromatic hydroxyl groups is 1. The van der Waals surface area contributed by atoms with Crippen LogP contribution in [0.4, 0.5) is 0 Å². The van der Waals surface area contributed by atoms with Crippen LogP contribution in [0.25, 0.3) is 0 Å². The molecule has 0 heterocycles. The van der Waals surface area contributed by atoms with Crippen LogP contribution in [-0.4, -0.2) is 40.7 Å². The Labute approximate surface area is 157 Å². The number of carbonyl (C=O) groups is 1. The van der Waals surface area contributed by atoms with Crippen molar-refractivity contribution in [3.63, 3.8) is 0 Å². The zero-order valence-corrected chi connectivity index (χ0v) is 16.0. The Kier molecular flexibility index (Phi) is 8.00. The van der Waals surface area contributed by atoms with E-state index in [1.165, 1.54) is 6.42 Å². The Morgan fingerprint density at radius 1 is 1.19 bits per heavy atom. The Morgan fingerprint density at radius 2 is 1.88 bits per heavy atom. The van der Waals surface area contributed by atoms with E-state index in [2.05, 4.69) is 30.6 Å². The van der Waals surface area contributed by atoms with Crippen LogP contribution in [0, 0.1) is 17.8 Å². The van der Waals surface area contributed by atoms with Gasteiger partial charge in [0.2, 0.25) is 0 Å². The maximum absolute atomic E-state index is 11.8. The third kappa shape index (κ3) is 5.51. The molecule has 4 nitrogen and oxygen atoms in total. The number of carboxylic acids is 1. The zero-order chi connectivity index (χ0) is 18.9. The van der Waals surface area contributed by atoms with Gasteiger partial charge in [-0.15, -0.1) is 0 Å². The van der Waals surface area contributed by atoms with Gasteiger partial charge in [0, 0.05) is 12.0 Å². The molecule has 4 heteroatoms. The van der Waals surface area contributed by atoms with Gasteiger partial charge in [0.15, 0.2) is 0 Å². The predicted octanol–water partition coefficient (Wildman–Crippen LogP) is 4.03. The summed E-state index contributed by atoms with van der Waals surface area (Å²) >= 11 is 0. The van der Waals surface area contributed by atoms with Crippen LogP contribution >= 0.6 is 0 Å². The second-order valence-electron chi connectivity index (χ2n) is 7.10. The van der Waals surface area contributed by atoms with Crippen LogP contribution in [0.1, 0.15) is 63.0 Å². The van der Waals surface area contributed by atoms with Crippen molar-refractivity contribution >= 4 is 5.97 Å². The fourth-order valence-corrected chi connectivity index (χ4v) is 3.80. The van der Waals surface area contributed by atoms with Gasteiger partial charge in [-0.2, -0.15) is 0 Å². The Bertz CT molecular complexity index is 649. The van der Waals surface area contributed by atoms with Crippen LogP contribution in [0.3, 0.4) is 0 Å². The van der Waals surface area contributed by atoms with E-state index >= 15 is 0 Å². The minimum absolute atomic E-state index is 0.0889. The van der Waals surface area contributed by atoms with E-state index in [-0.39, 0.29) is 11.7 Å². The van der Waals surface area contributed by atoms with E-state index in [0.717, 1.165) is 50.9 Å². The number of phenolic OH excluding ortho intramolecular Hbond substituents is 1. The van der Waals surface area contributed by atoms with E-state index in [9.17, 15) is 15.0 Å². The number of rotatable bonds is 7.